The molecule has 0 aromatic heterocycles. The van der Waals surface area contributed by atoms with Crippen molar-refractivity contribution in [3.05, 3.63) is 23.8 Å². The number of carboxylic acid groups (broad SMARTS) is 1. The normalized spacial score (nSPS) is 11.6. The van der Waals surface area contributed by atoms with E-state index in [1.54, 1.807) is 0 Å². The summed E-state index contributed by atoms with van der Waals surface area (Å²) < 4.78 is 31.4. The fourth-order valence-corrected chi connectivity index (χ4v) is 2.66. The summed E-state index contributed by atoms with van der Waals surface area (Å²) in [7, 11) is -2.38. The van der Waals surface area contributed by atoms with Gasteiger partial charge in [0.15, 0.2) is 0 Å². The van der Waals surface area contributed by atoms with E-state index < -0.39 is 16.0 Å². The highest BCUT2D eigenvalue weighted by molar-refractivity contribution is 7.89. The zero-order chi connectivity index (χ0) is 15.3. The zero-order valence-corrected chi connectivity index (χ0v) is 12.5. The highest BCUT2D eigenvalue weighted by Gasteiger charge is 2.19. The number of nitrogens with one attached hydrogen (secondary N) is 1. The Hall–Kier alpha value is -1.60. The van der Waals surface area contributed by atoms with Gasteiger partial charge in [0.05, 0.1) is 12.0 Å². The fourth-order valence-electron chi connectivity index (χ4n) is 1.59. The van der Waals surface area contributed by atoms with E-state index in [1.807, 2.05) is 13.8 Å². The van der Waals surface area contributed by atoms with Crippen LogP contribution >= 0.6 is 0 Å². The Labute approximate surface area is 118 Å². The number of hydrogen-bond acceptors (Lipinski definition) is 4. The molecule has 0 aliphatic rings. The molecule has 0 radical (unpaired) electrons. The second-order valence-corrected chi connectivity index (χ2v) is 6.51. The first-order chi connectivity index (χ1) is 9.27. The third-order valence-electron chi connectivity index (χ3n) is 2.73. The molecule has 0 heterocycles. The van der Waals surface area contributed by atoms with Gasteiger partial charge in [0.25, 0.3) is 0 Å². The van der Waals surface area contributed by atoms with Gasteiger partial charge in [-0.1, -0.05) is 13.8 Å². The molecule has 1 aromatic carbocycles. The SMILES string of the molecule is COc1ccc(S(=O)(=O)NCCC(C)C)cc1C(=O)O. The lowest BCUT2D eigenvalue weighted by Gasteiger charge is -2.10. The van der Waals surface area contributed by atoms with Gasteiger partial charge in [-0.2, -0.15) is 0 Å². The van der Waals surface area contributed by atoms with Crippen molar-refractivity contribution in [1.82, 2.24) is 4.72 Å². The van der Waals surface area contributed by atoms with Gasteiger partial charge >= 0.3 is 5.97 Å². The number of methoxy groups -OCH3 is 1. The van der Waals surface area contributed by atoms with Gasteiger partial charge < -0.3 is 9.84 Å². The van der Waals surface area contributed by atoms with Crippen molar-refractivity contribution in [3.8, 4) is 5.75 Å². The van der Waals surface area contributed by atoms with Crippen molar-refractivity contribution in [3.63, 3.8) is 0 Å². The summed E-state index contributed by atoms with van der Waals surface area (Å²) in [6.45, 7) is 4.29. The lowest BCUT2D eigenvalue weighted by atomic mass is 10.1. The van der Waals surface area contributed by atoms with Gasteiger partial charge in [-0.25, -0.2) is 17.9 Å². The zero-order valence-electron chi connectivity index (χ0n) is 11.7. The van der Waals surface area contributed by atoms with Gasteiger partial charge in [-0.15, -0.1) is 0 Å². The van der Waals surface area contributed by atoms with Crippen LogP contribution in [-0.4, -0.2) is 33.1 Å². The minimum Gasteiger partial charge on any atom is -0.496 e. The van der Waals surface area contributed by atoms with E-state index in [9.17, 15) is 13.2 Å². The number of aromatic carboxylic acids is 1. The van der Waals surface area contributed by atoms with Gasteiger partial charge in [-0.3, -0.25) is 0 Å². The summed E-state index contributed by atoms with van der Waals surface area (Å²) in [6, 6.07) is 3.75. The molecule has 6 nitrogen and oxygen atoms in total. The Balaban J connectivity index is 3.01. The lowest BCUT2D eigenvalue weighted by Crippen LogP contribution is -2.25. The number of carboxylic acids is 1. The van der Waals surface area contributed by atoms with E-state index in [1.165, 1.54) is 19.2 Å². The Morgan fingerprint density at radius 3 is 2.55 bits per heavy atom. The molecule has 0 fully saturated rings. The van der Waals surface area contributed by atoms with Crippen LogP contribution in [0.2, 0.25) is 0 Å². The number of hydrogen-bond donors (Lipinski definition) is 2. The second kappa shape index (κ2) is 6.71. The molecule has 0 aliphatic carbocycles. The van der Waals surface area contributed by atoms with E-state index in [0.29, 0.717) is 18.9 Å². The van der Waals surface area contributed by atoms with Crippen LogP contribution < -0.4 is 9.46 Å². The maximum absolute atomic E-state index is 12.0. The third-order valence-corrected chi connectivity index (χ3v) is 4.18. The van der Waals surface area contributed by atoms with Gasteiger partial charge in [0.1, 0.15) is 11.3 Å². The molecule has 0 unspecified atom stereocenters. The van der Waals surface area contributed by atoms with Crippen LogP contribution in [0.4, 0.5) is 0 Å². The molecule has 7 heteroatoms. The second-order valence-electron chi connectivity index (χ2n) is 4.75. The van der Waals surface area contributed by atoms with Crippen molar-refractivity contribution in [2.24, 2.45) is 5.92 Å². The molecule has 0 atom stereocenters. The van der Waals surface area contributed by atoms with Crippen molar-refractivity contribution < 1.29 is 23.1 Å². The first kappa shape index (κ1) is 16.5. The highest BCUT2D eigenvalue weighted by Crippen LogP contribution is 2.22. The predicted octanol–water partition coefficient (Wildman–Crippen LogP) is 1.72. The van der Waals surface area contributed by atoms with E-state index >= 15 is 0 Å². The van der Waals surface area contributed by atoms with Crippen LogP contribution in [0.5, 0.6) is 5.75 Å². The quantitative estimate of drug-likeness (QED) is 0.800. The Morgan fingerprint density at radius 2 is 2.05 bits per heavy atom. The summed E-state index contributed by atoms with van der Waals surface area (Å²) in [5.74, 6) is -0.733. The molecule has 112 valence electrons. The minimum atomic E-state index is -3.71. The van der Waals surface area contributed by atoms with Crippen molar-refractivity contribution in [1.29, 1.82) is 0 Å². The van der Waals surface area contributed by atoms with E-state index in [4.69, 9.17) is 9.84 Å². The monoisotopic (exact) mass is 301 g/mol. The first-order valence-electron chi connectivity index (χ1n) is 6.19. The van der Waals surface area contributed by atoms with Crippen LogP contribution in [-0.2, 0) is 10.0 Å². The number of carbonyl (C=O) groups is 1. The molecule has 2 N–H and O–H groups in total. The molecule has 0 saturated heterocycles. The van der Waals surface area contributed by atoms with Crippen LogP contribution in [0.3, 0.4) is 0 Å². The molecule has 0 bridgehead atoms. The van der Waals surface area contributed by atoms with Crippen LogP contribution in [0, 0.1) is 5.92 Å². The summed E-state index contributed by atoms with van der Waals surface area (Å²) in [5, 5.41) is 9.04. The minimum absolute atomic E-state index is 0.0838. The number of sulfonamides is 1. The molecule has 1 aromatic rings. The van der Waals surface area contributed by atoms with Gasteiger partial charge in [0.2, 0.25) is 10.0 Å². The molecule has 0 aliphatic heterocycles. The third kappa shape index (κ3) is 4.21. The summed E-state index contributed by atoms with van der Waals surface area (Å²) in [6.07, 6.45) is 0.709. The van der Waals surface area contributed by atoms with Gasteiger partial charge in [0, 0.05) is 6.54 Å². The standard InChI is InChI=1S/C13H19NO5S/c1-9(2)6-7-14-20(17,18)10-4-5-12(19-3)11(8-10)13(15)16/h4-5,8-9,14H,6-7H2,1-3H3,(H,15,16). The fraction of sp³-hybridized carbons (Fsp3) is 0.462. The first-order valence-corrected chi connectivity index (χ1v) is 7.67. The molecular formula is C13H19NO5S. The molecule has 20 heavy (non-hydrogen) atoms. The summed E-state index contributed by atoms with van der Waals surface area (Å²) >= 11 is 0. The largest absolute Gasteiger partial charge is 0.496 e. The van der Waals surface area contributed by atoms with Gasteiger partial charge in [-0.05, 0) is 30.5 Å². The number of ether oxygens (including phenoxy) is 1. The van der Waals surface area contributed by atoms with Crippen molar-refractivity contribution >= 4 is 16.0 Å². The smallest absolute Gasteiger partial charge is 0.339 e. The molecular weight excluding hydrogens is 282 g/mol. The summed E-state index contributed by atoms with van der Waals surface area (Å²) in [5.41, 5.74) is -0.181. The number of rotatable bonds is 7. The average Bonchev–Trinajstić information content (AvgIpc) is 2.37. The Kier molecular flexibility index (Phi) is 5.52. The molecule has 0 spiro atoms. The van der Waals surface area contributed by atoms with E-state index in [2.05, 4.69) is 4.72 Å². The topological polar surface area (TPSA) is 92.7 Å². The molecule has 0 amide bonds. The summed E-state index contributed by atoms with van der Waals surface area (Å²) in [4.78, 5) is 11.0. The average molecular weight is 301 g/mol. The Morgan fingerprint density at radius 1 is 1.40 bits per heavy atom. The maximum atomic E-state index is 12.0. The molecule has 1 rings (SSSR count). The molecule has 0 saturated carbocycles. The van der Waals surface area contributed by atoms with Crippen LogP contribution in [0.15, 0.2) is 23.1 Å². The van der Waals surface area contributed by atoms with Crippen molar-refractivity contribution in [2.75, 3.05) is 13.7 Å². The Bertz CT molecular complexity index is 580. The highest BCUT2D eigenvalue weighted by atomic mass is 32.2. The lowest BCUT2D eigenvalue weighted by molar-refractivity contribution is 0.0693. The van der Waals surface area contributed by atoms with Crippen LogP contribution in [0.25, 0.3) is 0 Å². The van der Waals surface area contributed by atoms with Crippen molar-refractivity contribution in [2.45, 2.75) is 25.2 Å². The van der Waals surface area contributed by atoms with Crippen LogP contribution in [0.1, 0.15) is 30.6 Å². The van der Waals surface area contributed by atoms with E-state index in [-0.39, 0.29) is 16.2 Å². The van der Waals surface area contributed by atoms with E-state index in [0.717, 1.165) is 6.07 Å². The predicted molar refractivity (Wildman–Crippen MR) is 74.6 cm³/mol. The maximum Gasteiger partial charge on any atom is 0.339 e. The number of benzene rings is 1.